The van der Waals surface area contributed by atoms with Gasteiger partial charge < -0.3 is 10.6 Å². The predicted octanol–water partition coefficient (Wildman–Crippen LogP) is 3.30. The second-order valence-corrected chi connectivity index (χ2v) is 5.81. The van der Waals surface area contributed by atoms with Gasteiger partial charge in [0, 0.05) is 23.9 Å². The van der Waals surface area contributed by atoms with Gasteiger partial charge in [-0.25, -0.2) is 4.98 Å². The summed E-state index contributed by atoms with van der Waals surface area (Å²) in [5.74, 6) is 0.140. The quantitative estimate of drug-likeness (QED) is 0.752. The van der Waals surface area contributed by atoms with Crippen molar-refractivity contribution in [3.05, 3.63) is 71.8 Å². The number of carbonyl (C=O) groups excluding carboxylic acids is 2. The van der Waals surface area contributed by atoms with Crippen molar-refractivity contribution in [2.45, 2.75) is 13.3 Å². The fraction of sp³-hybridized carbons (Fsp3) is 0.150. The molecule has 1 heterocycles. The van der Waals surface area contributed by atoms with Gasteiger partial charge in [-0.15, -0.1) is 0 Å². The van der Waals surface area contributed by atoms with Gasteiger partial charge in [0.15, 0.2) is 0 Å². The fourth-order valence-corrected chi connectivity index (χ4v) is 2.52. The molecular weight excluding hydrogens is 314 g/mol. The van der Waals surface area contributed by atoms with Gasteiger partial charge in [0.25, 0.3) is 5.91 Å². The highest BCUT2D eigenvalue weighted by Crippen LogP contribution is 2.14. The number of nitrogens with zero attached hydrogens (tertiary/aromatic N) is 1. The molecule has 0 aliphatic rings. The number of hydrogen-bond acceptors (Lipinski definition) is 3. The summed E-state index contributed by atoms with van der Waals surface area (Å²) in [6.07, 6.45) is 0.187. The Kier molecular flexibility index (Phi) is 5.04. The topological polar surface area (TPSA) is 71.1 Å². The summed E-state index contributed by atoms with van der Waals surface area (Å²) < 4.78 is 0. The molecule has 0 saturated heterocycles. The minimum atomic E-state index is -0.188. The Hall–Kier alpha value is -3.21. The van der Waals surface area contributed by atoms with Crippen molar-refractivity contribution in [1.29, 1.82) is 0 Å². The van der Waals surface area contributed by atoms with Crippen LogP contribution in [0.5, 0.6) is 0 Å². The van der Waals surface area contributed by atoms with Gasteiger partial charge in [0.2, 0.25) is 5.91 Å². The van der Waals surface area contributed by atoms with Gasteiger partial charge in [0.1, 0.15) is 5.82 Å². The van der Waals surface area contributed by atoms with Crippen molar-refractivity contribution >= 4 is 28.5 Å². The third kappa shape index (κ3) is 4.41. The molecule has 0 spiro atoms. The monoisotopic (exact) mass is 333 g/mol. The summed E-state index contributed by atoms with van der Waals surface area (Å²) in [6, 6.07) is 18.7. The first kappa shape index (κ1) is 16.6. The number of aromatic nitrogens is 1. The number of amides is 2. The van der Waals surface area contributed by atoms with E-state index in [0.717, 1.165) is 16.5 Å². The van der Waals surface area contributed by atoms with Crippen molar-refractivity contribution < 1.29 is 9.59 Å². The van der Waals surface area contributed by atoms with Gasteiger partial charge in [-0.3, -0.25) is 9.59 Å². The highest BCUT2D eigenvalue weighted by atomic mass is 16.2. The number of rotatable bonds is 5. The van der Waals surface area contributed by atoms with E-state index in [1.54, 1.807) is 12.1 Å². The summed E-state index contributed by atoms with van der Waals surface area (Å²) in [5, 5.41) is 6.53. The van der Waals surface area contributed by atoms with Crippen molar-refractivity contribution in [3.8, 4) is 0 Å². The summed E-state index contributed by atoms with van der Waals surface area (Å²) in [4.78, 5) is 28.4. The van der Waals surface area contributed by atoms with E-state index in [9.17, 15) is 9.59 Å². The smallest absolute Gasteiger partial charge is 0.251 e. The van der Waals surface area contributed by atoms with E-state index in [4.69, 9.17) is 0 Å². The van der Waals surface area contributed by atoms with Crippen LogP contribution in [0.3, 0.4) is 0 Å². The minimum absolute atomic E-state index is 0.180. The number of benzene rings is 2. The molecule has 0 aliphatic heterocycles. The molecule has 5 nitrogen and oxygen atoms in total. The van der Waals surface area contributed by atoms with Gasteiger partial charge in [-0.1, -0.05) is 35.9 Å². The van der Waals surface area contributed by atoms with E-state index < -0.39 is 0 Å². The van der Waals surface area contributed by atoms with Crippen LogP contribution >= 0.6 is 0 Å². The Labute approximate surface area is 146 Å². The number of nitrogens with one attached hydrogen (secondary N) is 2. The fourth-order valence-electron chi connectivity index (χ4n) is 2.52. The van der Waals surface area contributed by atoms with Crippen molar-refractivity contribution in [1.82, 2.24) is 10.3 Å². The number of pyridine rings is 1. The molecule has 3 rings (SSSR count). The number of aryl methyl sites for hydroxylation is 1. The summed E-state index contributed by atoms with van der Waals surface area (Å²) in [6.45, 7) is 2.20. The molecule has 2 N–H and O–H groups in total. The molecule has 3 aromatic rings. The zero-order valence-corrected chi connectivity index (χ0v) is 14.0. The Bertz CT molecular complexity index is 921. The van der Waals surface area contributed by atoms with E-state index in [1.165, 1.54) is 0 Å². The van der Waals surface area contributed by atoms with E-state index in [2.05, 4.69) is 15.6 Å². The van der Waals surface area contributed by atoms with Crippen LogP contribution in [0.2, 0.25) is 0 Å². The molecule has 2 amide bonds. The number of hydrogen-bond donors (Lipinski definition) is 2. The molecule has 2 aromatic carbocycles. The molecule has 1 aromatic heterocycles. The lowest BCUT2D eigenvalue weighted by Crippen LogP contribution is -2.27. The normalized spacial score (nSPS) is 10.4. The lowest BCUT2D eigenvalue weighted by molar-refractivity contribution is -0.116. The molecule has 0 radical (unpaired) electrons. The van der Waals surface area contributed by atoms with Crippen LogP contribution in [0.4, 0.5) is 5.82 Å². The number of anilines is 1. The van der Waals surface area contributed by atoms with Gasteiger partial charge in [0.05, 0.1) is 5.52 Å². The Morgan fingerprint density at radius 3 is 2.68 bits per heavy atom. The summed E-state index contributed by atoms with van der Waals surface area (Å²) >= 11 is 0. The first-order valence-electron chi connectivity index (χ1n) is 8.12. The van der Waals surface area contributed by atoms with E-state index in [1.807, 2.05) is 55.5 Å². The van der Waals surface area contributed by atoms with Crippen molar-refractivity contribution in [2.75, 3.05) is 11.9 Å². The lowest BCUT2D eigenvalue weighted by atomic mass is 10.1. The maximum Gasteiger partial charge on any atom is 0.251 e. The largest absolute Gasteiger partial charge is 0.352 e. The molecule has 0 saturated carbocycles. The molecule has 5 heteroatoms. The molecular formula is C20H19N3O2. The zero-order valence-electron chi connectivity index (χ0n) is 14.0. The SMILES string of the molecule is Cc1cccc(C(=O)NCCC(=O)Nc2ccc3ccccc3n2)c1. The first-order chi connectivity index (χ1) is 12.1. The molecule has 0 unspecified atom stereocenters. The standard InChI is InChI=1S/C20H19N3O2/c1-14-5-4-7-16(13-14)20(25)21-12-11-19(24)23-18-10-9-15-6-2-3-8-17(15)22-18/h2-10,13H,11-12H2,1H3,(H,21,25)(H,22,23,24). The van der Waals surface area contributed by atoms with Crippen molar-refractivity contribution in [3.63, 3.8) is 0 Å². The van der Waals surface area contributed by atoms with Crippen LogP contribution in [-0.2, 0) is 4.79 Å². The summed E-state index contributed by atoms with van der Waals surface area (Å²) in [7, 11) is 0. The average molecular weight is 333 g/mol. The van der Waals surface area contributed by atoms with Crippen molar-refractivity contribution in [2.24, 2.45) is 0 Å². The van der Waals surface area contributed by atoms with Crippen LogP contribution in [0.15, 0.2) is 60.7 Å². The van der Waals surface area contributed by atoms with Crippen LogP contribution in [0, 0.1) is 6.92 Å². The number of carbonyl (C=O) groups is 2. The number of fused-ring (bicyclic) bond motifs is 1. The van der Waals surface area contributed by atoms with Crippen LogP contribution < -0.4 is 10.6 Å². The van der Waals surface area contributed by atoms with E-state index in [-0.39, 0.29) is 24.8 Å². The van der Waals surface area contributed by atoms with E-state index >= 15 is 0 Å². The molecule has 126 valence electrons. The molecule has 0 bridgehead atoms. The highest BCUT2D eigenvalue weighted by Gasteiger charge is 2.08. The third-order valence-corrected chi connectivity index (χ3v) is 3.78. The Morgan fingerprint density at radius 1 is 1.00 bits per heavy atom. The predicted molar refractivity (Wildman–Crippen MR) is 98.5 cm³/mol. The molecule has 0 atom stereocenters. The van der Waals surface area contributed by atoms with Gasteiger partial charge in [-0.2, -0.15) is 0 Å². The third-order valence-electron chi connectivity index (χ3n) is 3.78. The highest BCUT2D eigenvalue weighted by molar-refractivity contribution is 5.95. The van der Waals surface area contributed by atoms with Crippen LogP contribution in [-0.4, -0.2) is 23.3 Å². The van der Waals surface area contributed by atoms with E-state index in [0.29, 0.717) is 11.4 Å². The molecule has 25 heavy (non-hydrogen) atoms. The van der Waals surface area contributed by atoms with Gasteiger partial charge >= 0.3 is 0 Å². The minimum Gasteiger partial charge on any atom is -0.352 e. The molecule has 0 fully saturated rings. The number of para-hydroxylation sites is 1. The second kappa shape index (κ2) is 7.57. The lowest BCUT2D eigenvalue weighted by Gasteiger charge is -2.07. The van der Waals surface area contributed by atoms with Crippen LogP contribution in [0.25, 0.3) is 10.9 Å². The maximum absolute atomic E-state index is 12.0. The Balaban J connectivity index is 1.51. The zero-order chi connectivity index (χ0) is 17.6. The van der Waals surface area contributed by atoms with Crippen LogP contribution in [0.1, 0.15) is 22.3 Å². The molecule has 0 aliphatic carbocycles. The Morgan fingerprint density at radius 2 is 1.84 bits per heavy atom. The second-order valence-electron chi connectivity index (χ2n) is 5.81. The maximum atomic E-state index is 12.0. The average Bonchev–Trinajstić information content (AvgIpc) is 2.61. The summed E-state index contributed by atoms with van der Waals surface area (Å²) in [5.41, 5.74) is 2.44. The van der Waals surface area contributed by atoms with Gasteiger partial charge in [-0.05, 0) is 37.3 Å². The first-order valence-corrected chi connectivity index (χ1v) is 8.12.